The molecule has 5 nitrogen and oxygen atoms in total. The van der Waals surface area contributed by atoms with Crippen LogP contribution in [0.25, 0.3) is 0 Å². The van der Waals surface area contributed by atoms with Crippen LogP contribution in [0.1, 0.15) is 15.9 Å². The molecule has 2 aromatic carbocycles. The minimum absolute atomic E-state index is 0.436. The van der Waals surface area contributed by atoms with Crippen LogP contribution in [0, 0.1) is 0 Å². The van der Waals surface area contributed by atoms with Gasteiger partial charge in [0, 0.05) is 29.1 Å². The van der Waals surface area contributed by atoms with Crippen LogP contribution < -0.4 is 16.0 Å². The molecule has 3 N–H and O–H groups in total. The summed E-state index contributed by atoms with van der Waals surface area (Å²) in [6, 6.07) is 13.6. The van der Waals surface area contributed by atoms with Crippen molar-refractivity contribution >= 4 is 23.3 Å². The second-order valence-electron chi connectivity index (χ2n) is 5.05. The molecule has 110 valence electrons. The highest BCUT2D eigenvalue weighted by Crippen LogP contribution is 2.29. The minimum Gasteiger partial charge on any atom is -0.359 e. The van der Waals surface area contributed by atoms with Gasteiger partial charge in [0.15, 0.2) is 0 Å². The van der Waals surface area contributed by atoms with Gasteiger partial charge in [-0.15, -0.1) is 0 Å². The van der Waals surface area contributed by atoms with Crippen LogP contribution in [-0.4, -0.2) is 11.9 Å². The van der Waals surface area contributed by atoms with Gasteiger partial charge in [-0.25, -0.2) is 4.79 Å². The molecule has 3 rings (SSSR count). The van der Waals surface area contributed by atoms with E-state index in [1.54, 1.807) is 30.3 Å². The summed E-state index contributed by atoms with van der Waals surface area (Å²) in [5.74, 6) is -0.436. The summed E-state index contributed by atoms with van der Waals surface area (Å²) >= 11 is 0. The lowest BCUT2D eigenvalue weighted by Crippen LogP contribution is -2.34. The third kappa shape index (κ3) is 2.98. The summed E-state index contributed by atoms with van der Waals surface area (Å²) in [6.45, 7) is 3.88. The van der Waals surface area contributed by atoms with Crippen molar-refractivity contribution < 1.29 is 9.59 Å². The van der Waals surface area contributed by atoms with Crippen molar-refractivity contribution in [3.8, 4) is 0 Å². The molecule has 0 saturated carbocycles. The van der Waals surface area contributed by atoms with Gasteiger partial charge in [-0.05, 0) is 35.9 Å². The van der Waals surface area contributed by atoms with E-state index in [0.29, 0.717) is 11.3 Å². The quantitative estimate of drug-likeness (QED) is 0.796. The number of allylic oxidation sites excluding steroid dienone is 1. The van der Waals surface area contributed by atoms with E-state index in [1.807, 2.05) is 18.2 Å². The molecular weight excluding hydrogens is 278 g/mol. The minimum atomic E-state index is -0.557. The summed E-state index contributed by atoms with van der Waals surface area (Å²) < 4.78 is 0. The zero-order chi connectivity index (χ0) is 15.5. The number of carbonyl (C=O) groups is 2. The van der Waals surface area contributed by atoms with Crippen molar-refractivity contribution in [3.63, 3.8) is 0 Å². The summed E-state index contributed by atoms with van der Waals surface area (Å²) in [7, 11) is 0. The molecule has 0 bridgehead atoms. The summed E-state index contributed by atoms with van der Waals surface area (Å²) in [5.41, 5.74) is 4.06. The standard InChI is InChI=1S/C17H15N3O2/c1-11-9-13-10-14(7-8-15(13)18-11)19-17(22)20-16(21)12-5-3-2-4-6-12/h2-8,10,18H,1,9H2,(H2,19,20,21,22). The number of hydrogen-bond donors (Lipinski definition) is 3. The van der Waals surface area contributed by atoms with Gasteiger partial charge in [0.05, 0.1) is 0 Å². The number of imide groups is 1. The first kappa shape index (κ1) is 13.9. The van der Waals surface area contributed by atoms with Crippen LogP contribution in [0.15, 0.2) is 60.8 Å². The molecule has 2 aromatic rings. The molecule has 0 radical (unpaired) electrons. The number of carbonyl (C=O) groups excluding carboxylic acids is 2. The maximum Gasteiger partial charge on any atom is 0.326 e. The van der Waals surface area contributed by atoms with E-state index >= 15 is 0 Å². The van der Waals surface area contributed by atoms with Gasteiger partial charge >= 0.3 is 6.03 Å². The molecule has 1 heterocycles. The van der Waals surface area contributed by atoms with Crippen molar-refractivity contribution in [1.29, 1.82) is 0 Å². The lowest BCUT2D eigenvalue weighted by Gasteiger charge is -2.08. The number of nitrogens with one attached hydrogen (secondary N) is 3. The van der Waals surface area contributed by atoms with Crippen LogP contribution in [0.3, 0.4) is 0 Å². The molecule has 1 aliphatic heterocycles. The molecule has 0 saturated heterocycles. The van der Waals surface area contributed by atoms with Gasteiger partial charge in [-0.1, -0.05) is 24.8 Å². The molecule has 0 fully saturated rings. The predicted octanol–water partition coefficient (Wildman–Crippen LogP) is 3.13. The van der Waals surface area contributed by atoms with E-state index in [-0.39, 0.29) is 0 Å². The highest BCUT2D eigenvalue weighted by atomic mass is 16.2. The molecular formula is C17H15N3O2. The van der Waals surface area contributed by atoms with Gasteiger partial charge < -0.3 is 10.6 Å². The van der Waals surface area contributed by atoms with Crippen LogP contribution in [0.2, 0.25) is 0 Å². The summed E-state index contributed by atoms with van der Waals surface area (Å²) in [6.07, 6.45) is 0.732. The molecule has 5 heteroatoms. The van der Waals surface area contributed by atoms with Crippen molar-refractivity contribution in [2.75, 3.05) is 10.6 Å². The Kier molecular flexibility index (Phi) is 3.62. The van der Waals surface area contributed by atoms with E-state index in [9.17, 15) is 9.59 Å². The zero-order valence-corrected chi connectivity index (χ0v) is 11.8. The van der Waals surface area contributed by atoms with Crippen LogP contribution in [0.4, 0.5) is 16.2 Å². The van der Waals surface area contributed by atoms with Crippen LogP contribution in [-0.2, 0) is 6.42 Å². The van der Waals surface area contributed by atoms with Crippen LogP contribution >= 0.6 is 0 Å². The first-order valence-electron chi connectivity index (χ1n) is 6.87. The number of fused-ring (bicyclic) bond motifs is 1. The number of benzene rings is 2. The molecule has 0 aliphatic carbocycles. The fourth-order valence-corrected chi connectivity index (χ4v) is 2.33. The Labute approximate surface area is 128 Å². The van der Waals surface area contributed by atoms with E-state index < -0.39 is 11.9 Å². The first-order chi connectivity index (χ1) is 10.6. The van der Waals surface area contributed by atoms with Gasteiger partial charge in [0.1, 0.15) is 0 Å². The van der Waals surface area contributed by atoms with Crippen LogP contribution in [0.5, 0.6) is 0 Å². The normalized spacial score (nSPS) is 12.3. The van der Waals surface area contributed by atoms with Gasteiger partial charge in [-0.2, -0.15) is 0 Å². The van der Waals surface area contributed by atoms with Crippen molar-refractivity contribution in [2.24, 2.45) is 0 Å². The molecule has 1 aliphatic rings. The Morgan fingerprint density at radius 2 is 1.86 bits per heavy atom. The van der Waals surface area contributed by atoms with E-state index in [2.05, 4.69) is 22.5 Å². The SMILES string of the molecule is C=C1Cc2cc(NC(=O)NC(=O)c3ccccc3)ccc2N1. The number of anilines is 2. The van der Waals surface area contributed by atoms with E-state index in [4.69, 9.17) is 0 Å². The monoisotopic (exact) mass is 293 g/mol. The molecule has 3 amide bonds. The highest BCUT2D eigenvalue weighted by molar-refractivity contribution is 6.08. The summed E-state index contributed by atoms with van der Waals surface area (Å²) in [5, 5.41) is 8.11. The van der Waals surface area contributed by atoms with Crippen molar-refractivity contribution in [3.05, 3.63) is 71.9 Å². The lowest BCUT2D eigenvalue weighted by atomic mass is 10.1. The maximum atomic E-state index is 11.9. The topological polar surface area (TPSA) is 70.2 Å². The number of urea groups is 1. The smallest absolute Gasteiger partial charge is 0.326 e. The van der Waals surface area contributed by atoms with E-state index in [0.717, 1.165) is 23.4 Å². The second-order valence-corrected chi connectivity index (χ2v) is 5.05. The first-order valence-corrected chi connectivity index (χ1v) is 6.87. The Morgan fingerprint density at radius 3 is 2.64 bits per heavy atom. The Balaban J connectivity index is 1.64. The lowest BCUT2D eigenvalue weighted by molar-refractivity contribution is 0.0967. The molecule has 0 unspecified atom stereocenters. The third-order valence-electron chi connectivity index (χ3n) is 3.34. The Morgan fingerprint density at radius 1 is 1.09 bits per heavy atom. The van der Waals surface area contributed by atoms with Gasteiger partial charge in [-0.3, -0.25) is 10.1 Å². The molecule has 0 atom stereocenters. The maximum absolute atomic E-state index is 11.9. The molecule has 22 heavy (non-hydrogen) atoms. The number of hydrogen-bond acceptors (Lipinski definition) is 3. The average Bonchev–Trinajstić information content (AvgIpc) is 2.87. The highest BCUT2D eigenvalue weighted by Gasteiger charge is 2.15. The van der Waals surface area contributed by atoms with E-state index in [1.165, 1.54) is 0 Å². The Hall–Kier alpha value is -3.08. The van der Waals surface area contributed by atoms with Gasteiger partial charge in [0.2, 0.25) is 0 Å². The fourth-order valence-electron chi connectivity index (χ4n) is 2.33. The van der Waals surface area contributed by atoms with Crippen molar-refractivity contribution in [1.82, 2.24) is 5.32 Å². The molecule has 0 spiro atoms. The van der Waals surface area contributed by atoms with Crippen molar-refractivity contribution in [2.45, 2.75) is 6.42 Å². The second kappa shape index (κ2) is 5.73. The molecule has 0 aromatic heterocycles. The third-order valence-corrected chi connectivity index (χ3v) is 3.34. The average molecular weight is 293 g/mol. The van der Waals surface area contributed by atoms with Gasteiger partial charge in [0.25, 0.3) is 5.91 Å². The zero-order valence-electron chi connectivity index (χ0n) is 11.8. The predicted molar refractivity (Wildman–Crippen MR) is 85.8 cm³/mol. The number of amides is 3. The summed E-state index contributed by atoms with van der Waals surface area (Å²) in [4.78, 5) is 23.8. The fraction of sp³-hybridized carbons (Fsp3) is 0.0588. The number of rotatable bonds is 2. The Bertz CT molecular complexity index is 754. The largest absolute Gasteiger partial charge is 0.359 e.